The number of hydrogen-bond acceptors (Lipinski definition) is 0. The van der Waals surface area contributed by atoms with Gasteiger partial charge in [-0.3, -0.25) is 0 Å². The SMILES string of the molecule is c1ccc(-n2c3ccccc3c3cc(-c4cccc(-c5ccc6cc(-c7cccc(-c8ccc9c(c8)c8ccccc8n9-c8ccccc8)c7)ccc6c5)c4)ccc32)cc1. The van der Waals surface area contributed by atoms with Crippen LogP contribution >= 0.6 is 0 Å². The quantitative estimate of drug-likeness (QED) is 0.160. The molecule has 2 aromatic heterocycles. The summed E-state index contributed by atoms with van der Waals surface area (Å²) >= 11 is 0. The van der Waals surface area contributed by atoms with Crippen LogP contribution in [0.15, 0.2) is 231 Å². The summed E-state index contributed by atoms with van der Waals surface area (Å²) in [7, 11) is 0. The first-order chi connectivity index (χ1) is 29.7. The monoisotopic (exact) mass is 762 g/mol. The van der Waals surface area contributed by atoms with Crippen LogP contribution < -0.4 is 0 Å². The summed E-state index contributed by atoms with van der Waals surface area (Å²) < 4.78 is 4.74. The van der Waals surface area contributed by atoms with Gasteiger partial charge in [0.25, 0.3) is 0 Å². The van der Waals surface area contributed by atoms with Crippen molar-refractivity contribution < 1.29 is 0 Å². The van der Waals surface area contributed by atoms with E-state index in [0.717, 1.165) is 0 Å². The van der Waals surface area contributed by atoms with Gasteiger partial charge in [0.1, 0.15) is 0 Å². The first kappa shape index (κ1) is 34.1. The van der Waals surface area contributed by atoms with Crippen molar-refractivity contribution in [3.8, 4) is 55.9 Å². The van der Waals surface area contributed by atoms with Gasteiger partial charge >= 0.3 is 0 Å². The predicted octanol–water partition coefficient (Wildman–Crippen LogP) is 15.7. The lowest BCUT2D eigenvalue weighted by Gasteiger charge is -2.11. The van der Waals surface area contributed by atoms with Crippen LogP contribution in [-0.4, -0.2) is 9.13 Å². The third kappa shape index (κ3) is 5.65. The number of benzene rings is 10. The lowest BCUT2D eigenvalue weighted by Crippen LogP contribution is -1.92. The Morgan fingerprint density at radius 3 is 0.967 bits per heavy atom. The Kier molecular flexibility index (Phi) is 7.89. The van der Waals surface area contributed by atoms with Crippen molar-refractivity contribution in [3.05, 3.63) is 231 Å². The van der Waals surface area contributed by atoms with Gasteiger partial charge < -0.3 is 9.13 Å². The summed E-state index contributed by atoms with van der Waals surface area (Å²) in [5, 5.41) is 7.51. The molecule has 0 aliphatic carbocycles. The summed E-state index contributed by atoms with van der Waals surface area (Å²) in [5.74, 6) is 0. The molecule has 0 N–H and O–H groups in total. The molecule has 2 heteroatoms. The van der Waals surface area contributed by atoms with Gasteiger partial charge in [0.15, 0.2) is 0 Å². The van der Waals surface area contributed by atoms with Crippen LogP contribution in [0, 0.1) is 0 Å². The molecular formula is C58H38N2. The molecule has 2 heterocycles. The maximum atomic E-state index is 2.37. The molecule has 12 aromatic rings. The van der Waals surface area contributed by atoms with E-state index in [9.17, 15) is 0 Å². The van der Waals surface area contributed by atoms with Crippen LogP contribution in [0.25, 0.3) is 110 Å². The predicted molar refractivity (Wildman–Crippen MR) is 254 cm³/mol. The molecular weight excluding hydrogens is 725 g/mol. The van der Waals surface area contributed by atoms with E-state index in [4.69, 9.17) is 0 Å². The van der Waals surface area contributed by atoms with E-state index in [1.54, 1.807) is 0 Å². The molecule has 12 rings (SSSR count). The van der Waals surface area contributed by atoms with Crippen LogP contribution in [0.4, 0.5) is 0 Å². The Bertz CT molecular complexity index is 3350. The average Bonchev–Trinajstić information content (AvgIpc) is 3.84. The number of fused-ring (bicyclic) bond motifs is 7. The second kappa shape index (κ2) is 13.9. The van der Waals surface area contributed by atoms with E-state index in [1.807, 2.05) is 0 Å². The number of para-hydroxylation sites is 4. The van der Waals surface area contributed by atoms with Gasteiger partial charge in [-0.15, -0.1) is 0 Å². The third-order valence-corrected chi connectivity index (χ3v) is 12.3. The fourth-order valence-electron chi connectivity index (χ4n) is 9.38. The summed E-state index contributed by atoms with van der Waals surface area (Å²) in [4.78, 5) is 0. The minimum Gasteiger partial charge on any atom is -0.309 e. The van der Waals surface area contributed by atoms with Crippen molar-refractivity contribution >= 4 is 54.4 Å². The maximum Gasteiger partial charge on any atom is 0.0541 e. The van der Waals surface area contributed by atoms with E-state index >= 15 is 0 Å². The van der Waals surface area contributed by atoms with Crippen LogP contribution in [-0.2, 0) is 0 Å². The van der Waals surface area contributed by atoms with Crippen LogP contribution in [0.5, 0.6) is 0 Å². The number of rotatable bonds is 6. The fourth-order valence-corrected chi connectivity index (χ4v) is 9.38. The van der Waals surface area contributed by atoms with Crippen molar-refractivity contribution in [1.29, 1.82) is 0 Å². The zero-order valence-electron chi connectivity index (χ0n) is 32.8. The van der Waals surface area contributed by atoms with Crippen molar-refractivity contribution in [2.75, 3.05) is 0 Å². The molecule has 0 saturated carbocycles. The largest absolute Gasteiger partial charge is 0.309 e. The number of hydrogen-bond donors (Lipinski definition) is 0. The number of aromatic nitrogens is 2. The molecule has 0 radical (unpaired) electrons. The van der Waals surface area contributed by atoms with E-state index in [2.05, 4.69) is 240 Å². The second-order valence-electron chi connectivity index (χ2n) is 15.8. The van der Waals surface area contributed by atoms with Gasteiger partial charge in [-0.1, -0.05) is 146 Å². The second-order valence-corrected chi connectivity index (χ2v) is 15.8. The molecule has 0 unspecified atom stereocenters. The Morgan fingerprint density at radius 1 is 0.200 bits per heavy atom. The summed E-state index contributed by atoms with van der Waals surface area (Å²) in [6, 6.07) is 84.2. The standard InChI is InChI=1S/C58H38N2/c1-3-17-49(18-4-1)59-55-23-9-7-21-51(55)53-37-47(29-31-57(53)59)41-15-11-13-39(33-41)43-25-27-46-36-44(26-28-45(46)35-43)40-14-12-16-42(34-40)48-30-32-58-54(38-48)52-22-8-10-24-56(52)60(58)50-19-5-2-6-20-50/h1-38H. The van der Waals surface area contributed by atoms with Crippen LogP contribution in [0.3, 0.4) is 0 Å². The molecule has 0 aliphatic rings. The lowest BCUT2D eigenvalue weighted by atomic mass is 9.94. The molecule has 0 fully saturated rings. The highest BCUT2D eigenvalue weighted by atomic mass is 15.0. The van der Waals surface area contributed by atoms with Gasteiger partial charge in [-0.05, 0) is 140 Å². The lowest BCUT2D eigenvalue weighted by molar-refractivity contribution is 1.18. The zero-order valence-corrected chi connectivity index (χ0v) is 32.8. The summed E-state index contributed by atoms with van der Waals surface area (Å²) in [6.07, 6.45) is 0. The highest BCUT2D eigenvalue weighted by Gasteiger charge is 2.15. The van der Waals surface area contributed by atoms with E-state index in [-0.39, 0.29) is 0 Å². The van der Waals surface area contributed by atoms with Gasteiger partial charge in [0, 0.05) is 32.9 Å². The Balaban J connectivity index is 0.860. The minimum atomic E-state index is 1.17. The molecule has 2 nitrogen and oxygen atoms in total. The molecule has 0 aliphatic heterocycles. The van der Waals surface area contributed by atoms with E-state index in [1.165, 1.54) is 110 Å². The zero-order chi connectivity index (χ0) is 39.6. The normalized spacial score (nSPS) is 11.7. The first-order valence-corrected chi connectivity index (χ1v) is 20.7. The van der Waals surface area contributed by atoms with Crippen molar-refractivity contribution in [2.24, 2.45) is 0 Å². The highest BCUT2D eigenvalue weighted by Crippen LogP contribution is 2.38. The molecule has 0 atom stereocenters. The van der Waals surface area contributed by atoms with Gasteiger partial charge in [0.2, 0.25) is 0 Å². The van der Waals surface area contributed by atoms with Crippen molar-refractivity contribution in [3.63, 3.8) is 0 Å². The topological polar surface area (TPSA) is 9.86 Å². The average molecular weight is 763 g/mol. The van der Waals surface area contributed by atoms with Gasteiger partial charge in [0.05, 0.1) is 22.1 Å². The minimum absolute atomic E-state index is 1.17. The molecule has 0 bridgehead atoms. The molecule has 280 valence electrons. The molecule has 10 aromatic carbocycles. The molecule has 0 amide bonds. The number of nitrogens with zero attached hydrogens (tertiary/aromatic N) is 2. The van der Waals surface area contributed by atoms with Gasteiger partial charge in [-0.25, -0.2) is 0 Å². The smallest absolute Gasteiger partial charge is 0.0541 e. The molecule has 0 saturated heterocycles. The van der Waals surface area contributed by atoms with Crippen LogP contribution in [0.2, 0.25) is 0 Å². The van der Waals surface area contributed by atoms with Crippen LogP contribution in [0.1, 0.15) is 0 Å². The Hall–Kier alpha value is -7.94. The Morgan fingerprint density at radius 2 is 0.533 bits per heavy atom. The summed E-state index contributed by atoms with van der Waals surface area (Å²) in [5.41, 5.74) is 16.9. The molecule has 0 spiro atoms. The van der Waals surface area contributed by atoms with Crippen molar-refractivity contribution in [2.45, 2.75) is 0 Å². The summed E-state index contributed by atoms with van der Waals surface area (Å²) in [6.45, 7) is 0. The highest BCUT2D eigenvalue weighted by molar-refractivity contribution is 6.11. The van der Waals surface area contributed by atoms with Crippen molar-refractivity contribution in [1.82, 2.24) is 9.13 Å². The third-order valence-electron chi connectivity index (χ3n) is 12.3. The fraction of sp³-hybridized carbons (Fsp3) is 0. The molecule has 60 heavy (non-hydrogen) atoms. The van der Waals surface area contributed by atoms with E-state index < -0.39 is 0 Å². The maximum absolute atomic E-state index is 2.37. The van der Waals surface area contributed by atoms with E-state index in [0.29, 0.717) is 0 Å². The Labute approximate surface area is 348 Å². The van der Waals surface area contributed by atoms with Gasteiger partial charge in [-0.2, -0.15) is 0 Å². The first-order valence-electron chi connectivity index (χ1n) is 20.7.